The highest BCUT2D eigenvalue weighted by Crippen LogP contribution is 2.44. The topological polar surface area (TPSA) is 128 Å². The van der Waals surface area contributed by atoms with Gasteiger partial charge in [0.25, 0.3) is 0 Å². The molecule has 0 bridgehead atoms. The van der Waals surface area contributed by atoms with Gasteiger partial charge in [0.2, 0.25) is 0 Å². The number of nitrogens with one attached hydrogen (secondary N) is 1. The molecule has 2 aromatic heterocycles. The van der Waals surface area contributed by atoms with Crippen LogP contribution in [0.3, 0.4) is 0 Å². The lowest BCUT2D eigenvalue weighted by Crippen LogP contribution is -2.15. The normalized spacial score (nSPS) is 12.6. The number of aromatic nitrogens is 5. The largest absolute Gasteiger partial charge is 0.417 e. The average Bonchev–Trinajstić information content (AvgIpc) is 3.27. The third-order valence-corrected chi connectivity index (χ3v) is 6.16. The molecule has 0 amide bonds. The lowest BCUT2D eigenvalue weighted by molar-refractivity contribution is -0.139. The number of sulfone groups is 1. The maximum atomic E-state index is 13.6. The standard InChI is InChI=1S/C16H11F3N6O2S2/c1-29(26,27)13-9(16(17,18)19)6-5-7(11(13)14-22-24-25-23-14)8-3-2-4-10-12(8)21-15(20)28-10/h2-6H,1H3,(H2,20,21)(H,22,23,24,25). The molecule has 0 radical (unpaired) electrons. The summed E-state index contributed by atoms with van der Waals surface area (Å²) < 4.78 is 66.5. The van der Waals surface area contributed by atoms with E-state index in [-0.39, 0.29) is 22.1 Å². The lowest BCUT2D eigenvalue weighted by Gasteiger charge is -2.18. The molecular formula is C16H11F3N6O2S2. The minimum atomic E-state index is -4.91. The SMILES string of the molecule is CS(=O)(=O)c1c(C(F)(F)F)ccc(-c2cccc3sc(N)nc23)c1-c1nnn[nH]1. The molecule has 0 spiro atoms. The number of thiazole rings is 1. The van der Waals surface area contributed by atoms with Crippen LogP contribution in [0, 0.1) is 0 Å². The Hall–Kier alpha value is -3.06. The summed E-state index contributed by atoms with van der Waals surface area (Å²) in [5.41, 5.74) is 5.19. The first-order valence-electron chi connectivity index (χ1n) is 7.91. The van der Waals surface area contributed by atoms with E-state index in [1.54, 1.807) is 18.2 Å². The van der Waals surface area contributed by atoms with Crippen LogP contribution >= 0.6 is 11.3 Å². The van der Waals surface area contributed by atoms with Gasteiger partial charge in [-0.3, -0.25) is 0 Å². The fraction of sp³-hybridized carbons (Fsp3) is 0.125. The van der Waals surface area contributed by atoms with E-state index in [0.717, 1.165) is 6.07 Å². The van der Waals surface area contributed by atoms with Crippen molar-refractivity contribution >= 4 is 36.5 Å². The molecule has 0 saturated heterocycles. The molecule has 0 aliphatic carbocycles. The lowest BCUT2D eigenvalue weighted by atomic mass is 9.95. The van der Waals surface area contributed by atoms with E-state index in [2.05, 4.69) is 25.6 Å². The van der Waals surface area contributed by atoms with Crippen LogP contribution in [0.4, 0.5) is 18.3 Å². The Morgan fingerprint density at radius 2 is 1.90 bits per heavy atom. The van der Waals surface area contributed by atoms with Gasteiger partial charge in [-0.2, -0.15) is 13.2 Å². The van der Waals surface area contributed by atoms with Crippen molar-refractivity contribution in [2.45, 2.75) is 11.1 Å². The monoisotopic (exact) mass is 440 g/mol. The number of nitrogen functional groups attached to an aromatic ring is 1. The average molecular weight is 440 g/mol. The van der Waals surface area contributed by atoms with Crippen molar-refractivity contribution in [1.82, 2.24) is 25.6 Å². The first kappa shape index (κ1) is 19.3. The van der Waals surface area contributed by atoms with Crippen molar-refractivity contribution < 1.29 is 21.6 Å². The van der Waals surface area contributed by atoms with E-state index in [4.69, 9.17) is 5.73 Å². The van der Waals surface area contributed by atoms with Crippen molar-refractivity contribution in [1.29, 1.82) is 0 Å². The number of anilines is 1. The second-order valence-electron chi connectivity index (χ2n) is 6.09. The maximum Gasteiger partial charge on any atom is 0.417 e. The quantitative estimate of drug-likeness (QED) is 0.501. The number of benzene rings is 2. The number of nitrogens with zero attached hydrogens (tertiary/aromatic N) is 4. The first-order chi connectivity index (χ1) is 13.6. The molecule has 0 fully saturated rings. The third-order valence-electron chi connectivity index (χ3n) is 4.14. The molecule has 0 aliphatic heterocycles. The predicted molar refractivity (Wildman–Crippen MR) is 101 cm³/mol. The Bertz CT molecular complexity index is 1330. The highest BCUT2D eigenvalue weighted by atomic mass is 32.2. The summed E-state index contributed by atoms with van der Waals surface area (Å²) in [6, 6.07) is 6.95. The third kappa shape index (κ3) is 3.31. The molecule has 4 aromatic rings. The van der Waals surface area contributed by atoms with Gasteiger partial charge in [-0.15, -0.1) is 5.10 Å². The maximum absolute atomic E-state index is 13.6. The van der Waals surface area contributed by atoms with Crippen molar-refractivity contribution in [2.75, 3.05) is 12.0 Å². The molecule has 29 heavy (non-hydrogen) atoms. The van der Waals surface area contributed by atoms with Crippen LogP contribution in [-0.2, 0) is 16.0 Å². The van der Waals surface area contributed by atoms with E-state index < -0.39 is 26.5 Å². The van der Waals surface area contributed by atoms with Gasteiger partial charge >= 0.3 is 6.18 Å². The van der Waals surface area contributed by atoms with Crippen LogP contribution in [0.15, 0.2) is 35.2 Å². The second-order valence-corrected chi connectivity index (χ2v) is 9.10. The van der Waals surface area contributed by atoms with Gasteiger partial charge in [0.05, 0.1) is 20.7 Å². The van der Waals surface area contributed by atoms with Crippen molar-refractivity contribution in [2.24, 2.45) is 0 Å². The summed E-state index contributed by atoms with van der Waals surface area (Å²) in [5, 5.41) is 13.1. The molecule has 2 heterocycles. The molecule has 0 unspecified atom stereocenters. The number of tetrazole rings is 1. The molecule has 13 heteroatoms. The number of hydrogen-bond donors (Lipinski definition) is 2. The minimum absolute atomic E-state index is 0.174. The number of para-hydroxylation sites is 1. The van der Waals surface area contributed by atoms with Crippen LogP contribution in [0.25, 0.3) is 32.7 Å². The highest BCUT2D eigenvalue weighted by molar-refractivity contribution is 7.91. The zero-order valence-electron chi connectivity index (χ0n) is 14.5. The van der Waals surface area contributed by atoms with E-state index in [9.17, 15) is 21.6 Å². The van der Waals surface area contributed by atoms with Gasteiger partial charge in [0.1, 0.15) is 0 Å². The summed E-state index contributed by atoms with van der Waals surface area (Å²) in [6.45, 7) is 0. The van der Waals surface area contributed by atoms with Crippen molar-refractivity contribution in [3.8, 4) is 22.5 Å². The van der Waals surface area contributed by atoms with Crippen molar-refractivity contribution in [3.63, 3.8) is 0 Å². The summed E-state index contributed by atoms with van der Waals surface area (Å²) in [7, 11) is -4.33. The Morgan fingerprint density at radius 3 is 2.52 bits per heavy atom. The van der Waals surface area contributed by atoms with Gasteiger partial charge in [0.15, 0.2) is 20.8 Å². The molecule has 0 atom stereocenters. The van der Waals surface area contributed by atoms with Gasteiger partial charge in [-0.05, 0) is 28.1 Å². The van der Waals surface area contributed by atoms with E-state index in [1.165, 1.54) is 17.4 Å². The Labute approximate surface area is 165 Å². The zero-order valence-corrected chi connectivity index (χ0v) is 16.2. The first-order valence-corrected chi connectivity index (χ1v) is 10.6. The predicted octanol–water partition coefficient (Wildman–Crippen LogP) is 3.15. The van der Waals surface area contributed by atoms with Crippen LogP contribution in [0.2, 0.25) is 0 Å². The summed E-state index contributed by atoms with van der Waals surface area (Å²) in [5.74, 6) is -0.216. The highest BCUT2D eigenvalue weighted by Gasteiger charge is 2.39. The molecule has 2 aromatic carbocycles. The van der Waals surface area contributed by atoms with Gasteiger partial charge in [0, 0.05) is 17.4 Å². The number of hydrogen-bond acceptors (Lipinski definition) is 8. The Kier molecular flexibility index (Phi) is 4.31. The minimum Gasteiger partial charge on any atom is -0.375 e. The summed E-state index contributed by atoms with van der Waals surface area (Å²) >= 11 is 1.20. The smallest absolute Gasteiger partial charge is 0.375 e. The van der Waals surface area contributed by atoms with Gasteiger partial charge in [-0.25, -0.2) is 18.5 Å². The Balaban J connectivity index is 2.19. The van der Waals surface area contributed by atoms with E-state index in [1.807, 2.05) is 0 Å². The number of rotatable bonds is 3. The van der Waals surface area contributed by atoms with Crippen LogP contribution in [0.5, 0.6) is 0 Å². The molecule has 8 nitrogen and oxygen atoms in total. The molecule has 3 N–H and O–H groups in total. The number of nitrogens with two attached hydrogens (primary N) is 1. The molecular weight excluding hydrogens is 429 g/mol. The molecule has 0 saturated carbocycles. The van der Waals surface area contributed by atoms with Crippen molar-refractivity contribution in [3.05, 3.63) is 35.9 Å². The molecule has 4 rings (SSSR count). The van der Waals surface area contributed by atoms with Crippen LogP contribution < -0.4 is 5.73 Å². The van der Waals surface area contributed by atoms with Gasteiger partial charge in [-0.1, -0.05) is 29.5 Å². The second kappa shape index (κ2) is 6.49. The zero-order chi connectivity index (χ0) is 21.0. The molecule has 150 valence electrons. The van der Waals surface area contributed by atoms with Crippen LogP contribution in [0.1, 0.15) is 5.56 Å². The summed E-state index contributed by atoms with van der Waals surface area (Å²) in [4.78, 5) is 3.32. The molecule has 0 aliphatic rings. The Morgan fingerprint density at radius 1 is 1.14 bits per heavy atom. The van der Waals surface area contributed by atoms with E-state index in [0.29, 0.717) is 22.0 Å². The number of H-pyrrole nitrogens is 1. The number of alkyl halides is 3. The van der Waals surface area contributed by atoms with Crippen LogP contribution in [-0.4, -0.2) is 40.3 Å². The van der Waals surface area contributed by atoms with E-state index >= 15 is 0 Å². The fourth-order valence-electron chi connectivity index (χ4n) is 3.10. The van der Waals surface area contributed by atoms with Gasteiger partial charge < -0.3 is 5.73 Å². The number of halogens is 3. The fourth-order valence-corrected chi connectivity index (χ4v) is 5.02. The number of aromatic amines is 1. The number of fused-ring (bicyclic) bond motifs is 1. The summed E-state index contributed by atoms with van der Waals surface area (Å²) in [6.07, 6.45) is -4.20.